The van der Waals surface area contributed by atoms with E-state index in [1.165, 1.54) is 24.0 Å². The number of hydrogen-bond acceptors (Lipinski definition) is 3. The molecule has 1 aromatic carbocycles. The van der Waals surface area contributed by atoms with E-state index in [4.69, 9.17) is 10.5 Å². The summed E-state index contributed by atoms with van der Waals surface area (Å²) in [5, 5.41) is 10.6. The van der Waals surface area contributed by atoms with E-state index in [0.29, 0.717) is 17.8 Å². The molecule has 3 N–H and O–H groups in total. The van der Waals surface area contributed by atoms with E-state index in [0.717, 1.165) is 25.0 Å². The molecule has 2 fully saturated rings. The largest absolute Gasteiger partial charge is 0.497 e. The van der Waals surface area contributed by atoms with Crippen LogP contribution in [0.1, 0.15) is 49.7 Å². The second kappa shape index (κ2) is 4.97. The van der Waals surface area contributed by atoms with Gasteiger partial charge in [-0.1, -0.05) is 13.0 Å². The molecule has 2 saturated carbocycles. The average Bonchev–Trinajstić information content (AvgIpc) is 2.77. The molecule has 0 spiro atoms. The quantitative estimate of drug-likeness (QED) is 0.838. The van der Waals surface area contributed by atoms with Crippen LogP contribution in [0.15, 0.2) is 18.2 Å². The first-order chi connectivity index (χ1) is 10.5. The third-order valence-corrected chi connectivity index (χ3v) is 6.98. The summed E-state index contributed by atoms with van der Waals surface area (Å²) in [6.45, 7) is 2.27. The monoisotopic (exact) mass is 301 g/mol. The topological polar surface area (TPSA) is 55.5 Å². The summed E-state index contributed by atoms with van der Waals surface area (Å²) in [6, 6.07) is 6.56. The molecule has 120 valence electrons. The van der Waals surface area contributed by atoms with Gasteiger partial charge in [-0.25, -0.2) is 0 Å². The highest BCUT2D eigenvalue weighted by molar-refractivity contribution is 5.40. The van der Waals surface area contributed by atoms with Crippen LogP contribution in [-0.4, -0.2) is 24.4 Å². The van der Waals surface area contributed by atoms with Crippen LogP contribution in [0.3, 0.4) is 0 Å². The van der Waals surface area contributed by atoms with Crippen molar-refractivity contribution in [3.63, 3.8) is 0 Å². The molecule has 0 aliphatic heterocycles. The Hall–Kier alpha value is -1.06. The van der Waals surface area contributed by atoms with Gasteiger partial charge in [0, 0.05) is 6.04 Å². The van der Waals surface area contributed by atoms with Gasteiger partial charge in [0.1, 0.15) is 5.75 Å². The van der Waals surface area contributed by atoms with E-state index in [1.54, 1.807) is 7.11 Å². The Kier molecular flexibility index (Phi) is 3.28. The van der Waals surface area contributed by atoms with E-state index in [-0.39, 0.29) is 17.6 Å². The Labute approximate surface area is 132 Å². The first-order valence-corrected chi connectivity index (χ1v) is 8.65. The van der Waals surface area contributed by atoms with Crippen molar-refractivity contribution in [1.82, 2.24) is 0 Å². The van der Waals surface area contributed by atoms with Gasteiger partial charge in [0.15, 0.2) is 0 Å². The molecule has 3 aliphatic carbocycles. The zero-order chi connectivity index (χ0) is 15.5. The van der Waals surface area contributed by atoms with E-state index < -0.39 is 0 Å². The van der Waals surface area contributed by atoms with Gasteiger partial charge in [-0.15, -0.1) is 0 Å². The third kappa shape index (κ3) is 1.88. The number of aliphatic hydroxyl groups excluding tert-OH is 1. The highest BCUT2D eigenvalue weighted by Crippen LogP contribution is 2.60. The lowest BCUT2D eigenvalue weighted by Gasteiger charge is -2.50. The van der Waals surface area contributed by atoms with Crippen molar-refractivity contribution >= 4 is 0 Å². The van der Waals surface area contributed by atoms with Crippen molar-refractivity contribution in [1.29, 1.82) is 0 Å². The van der Waals surface area contributed by atoms with E-state index >= 15 is 0 Å². The minimum absolute atomic E-state index is 0.0323. The first kappa shape index (κ1) is 14.5. The molecule has 0 amide bonds. The fraction of sp³-hybridized carbons (Fsp3) is 0.684. The molecule has 0 radical (unpaired) electrons. The van der Waals surface area contributed by atoms with Gasteiger partial charge in [0.05, 0.1) is 13.2 Å². The summed E-state index contributed by atoms with van der Waals surface area (Å²) >= 11 is 0. The number of hydrogen-bond donors (Lipinski definition) is 2. The number of rotatable bonds is 1. The van der Waals surface area contributed by atoms with Crippen molar-refractivity contribution in [3.8, 4) is 5.75 Å². The Morgan fingerprint density at radius 3 is 2.91 bits per heavy atom. The van der Waals surface area contributed by atoms with Crippen LogP contribution in [0.25, 0.3) is 0 Å². The molecular formula is C19H27NO2. The molecule has 0 bridgehead atoms. The number of nitrogens with two attached hydrogens (primary N) is 1. The van der Waals surface area contributed by atoms with Crippen molar-refractivity contribution in [3.05, 3.63) is 29.3 Å². The highest BCUT2D eigenvalue weighted by Gasteiger charge is 2.57. The first-order valence-electron chi connectivity index (χ1n) is 8.65. The minimum Gasteiger partial charge on any atom is -0.497 e. The third-order valence-electron chi connectivity index (χ3n) is 6.98. The number of methoxy groups -OCH3 is 1. The summed E-state index contributed by atoms with van der Waals surface area (Å²) in [4.78, 5) is 0. The molecule has 3 aliphatic rings. The molecule has 3 unspecified atom stereocenters. The zero-order valence-corrected chi connectivity index (χ0v) is 13.6. The maximum Gasteiger partial charge on any atom is 0.119 e. The molecule has 3 nitrogen and oxygen atoms in total. The standard InChI is InChI=1S/C19H27NO2/c1-19-8-7-14-13-6-4-12(22-2)9-11(13)3-5-15(14)16(19)10-17(20)18(19)21/h4,6,9,14-18,21H,3,5,7-8,10,20H2,1-2H3/t14?,15?,16?,17-,18+,19-/m0/s1. The lowest BCUT2D eigenvalue weighted by atomic mass is 9.55. The van der Waals surface area contributed by atoms with Crippen LogP contribution in [0.5, 0.6) is 5.75 Å². The lowest BCUT2D eigenvalue weighted by molar-refractivity contribution is -0.0256. The summed E-state index contributed by atoms with van der Waals surface area (Å²) < 4.78 is 5.38. The van der Waals surface area contributed by atoms with Crippen molar-refractivity contribution in [2.75, 3.05) is 7.11 Å². The molecule has 3 heteroatoms. The van der Waals surface area contributed by atoms with Gasteiger partial charge < -0.3 is 15.6 Å². The molecule has 0 aromatic heterocycles. The fourth-order valence-corrected chi connectivity index (χ4v) is 5.76. The van der Waals surface area contributed by atoms with Crippen LogP contribution in [0, 0.1) is 17.3 Å². The van der Waals surface area contributed by atoms with Crippen molar-refractivity contribution < 1.29 is 9.84 Å². The SMILES string of the molecule is COc1ccc2c(c1)CCC1C2CC[C@@]2(C)C1C[C@H](N)[C@H]2O. The molecular weight excluding hydrogens is 274 g/mol. The van der Waals surface area contributed by atoms with Crippen LogP contribution in [-0.2, 0) is 6.42 Å². The van der Waals surface area contributed by atoms with Crippen molar-refractivity contribution in [2.45, 2.75) is 57.1 Å². The smallest absolute Gasteiger partial charge is 0.119 e. The van der Waals surface area contributed by atoms with Crippen LogP contribution >= 0.6 is 0 Å². The summed E-state index contributed by atoms with van der Waals surface area (Å²) in [5.74, 6) is 2.87. The predicted octanol–water partition coefficient (Wildman–Crippen LogP) is 2.85. The maximum absolute atomic E-state index is 10.6. The molecule has 22 heavy (non-hydrogen) atoms. The maximum atomic E-state index is 10.6. The molecule has 4 rings (SSSR count). The lowest BCUT2D eigenvalue weighted by Crippen LogP contribution is -2.45. The average molecular weight is 301 g/mol. The van der Waals surface area contributed by atoms with Crippen molar-refractivity contribution in [2.24, 2.45) is 23.0 Å². The molecule has 0 saturated heterocycles. The Morgan fingerprint density at radius 2 is 2.14 bits per heavy atom. The second-order valence-corrected chi connectivity index (χ2v) is 7.87. The number of ether oxygens (including phenoxy) is 1. The number of fused-ring (bicyclic) bond motifs is 5. The molecule has 1 aromatic rings. The van der Waals surface area contributed by atoms with Gasteiger partial charge in [-0.3, -0.25) is 0 Å². The van der Waals surface area contributed by atoms with Crippen LogP contribution in [0.2, 0.25) is 0 Å². The zero-order valence-electron chi connectivity index (χ0n) is 13.6. The fourth-order valence-electron chi connectivity index (χ4n) is 5.76. The highest BCUT2D eigenvalue weighted by atomic mass is 16.5. The minimum atomic E-state index is -0.323. The van der Waals surface area contributed by atoms with Gasteiger partial charge in [0.25, 0.3) is 0 Å². The summed E-state index contributed by atoms with van der Waals surface area (Å²) in [5.41, 5.74) is 9.23. The van der Waals surface area contributed by atoms with Gasteiger partial charge in [-0.2, -0.15) is 0 Å². The van der Waals surface area contributed by atoms with Crippen LogP contribution in [0.4, 0.5) is 0 Å². The number of benzene rings is 1. The van der Waals surface area contributed by atoms with Gasteiger partial charge >= 0.3 is 0 Å². The van der Waals surface area contributed by atoms with Gasteiger partial charge in [0.2, 0.25) is 0 Å². The van der Waals surface area contributed by atoms with E-state index in [2.05, 4.69) is 25.1 Å². The Morgan fingerprint density at radius 1 is 1.32 bits per heavy atom. The molecule has 0 heterocycles. The Bertz CT molecular complexity index is 587. The second-order valence-electron chi connectivity index (χ2n) is 7.87. The number of aliphatic hydroxyl groups is 1. The predicted molar refractivity (Wildman–Crippen MR) is 87.0 cm³/mol. The Balaban J connectivity index is 1.69. The van der Waals surface area contributed by atoms with Crippen LogP contribution < -0.4 is 10.5 Å². The summed E-state index contributed by atoms with van der Waals surface area (Å²) in [6.07, 6.45) is 5.30. The van der Waals surface area contributed by atoms with E-state index in [1.807, 2.05) is 0 Å². The van der Waals surface area contributed by atoms with E-state index in [9.17, 15) is 5.11 Å². The number of aryl methyl sites for hydroxylation is 1. The summed E-state index contributed by atoms with van der Waals surface area (Å²) in [7, 11) is 1.74. The molecule has 6 atom stereocenters. The van der Waals surface area contributed by atoms with Gasteiger partial charge in [-0.05, 0) is 78.5 Å². The normalized spacial score (nSPS) is 43.2.